The molecule has 3 nitrogen and oxygen atoms in total. The molecular weight excluding hydrogens is 352 g/mol. The van der Waals surface area contributed by atoms with E-state index in [0.29, 0.717) is 6.54 Å². The van der Waals surface area contributed by atoms with Crippen molar-refractivity contribution in [2.75, 3.05) is 19.6 Å². The molecule has 0 aromatic heterocycles. The summed E-state index contributed by atoms with van der Waals surface area (Å²) in [6.45, 7) is 8.53. The highest BCUT2D eigenvalue weighted by Crippen LogP contribution is 2.33. The van der Waals surface area contributed by atoms with E-state index in [1.807, 2.05) is 11.8 Å². The fourth-order valence-corrected chi connectivity index (χ4v) is 4.48. The standard InChI is InChI=1S/C20H32N2OS.ClH/c1-4-22(5-2)15-20(23)21-16(3)17-11-13-19(14-12-17)24-18-9-7-6-8-10-18;/h11-14,16,18H,4-10,15H2,1-3H3,(H,21,23);1H. The largest absolute Gasteiger partial charge is 0.348 e. The highest BCUT2D eigenvalue weighted by molar-refractivity contribution is 8.00. The lowest BCUT2D eigenvalue weighted by Crippen LogP contribution is -2.38. The first-order valence-electron chi connectivity index (χ1n) is 9.40. The molecule has 1 N–H and O–H groups in total. The Kier molecular flexibility index (Phi) is 10.6. The number of amides is 1. The predicted octanol–water partition coefficient (Wildman–Crippen LogP) is 5.05. The Bertz CT molecular complexity index is 499. The van der Waals surface area contributed by atoms with Gasteiger partial charge in [-0.05, 0) is 50.6 Å². The normalized spacial score (nSPS) is 16.3. The predicted molar refractivity (Wildman–Crippen MR) is 111 cm³/mol. The van der Waals surface area contributed by atoms with Gasteiger partial charge in [-0.1, -0.05) is 45.2 Å². The Balaban J connectivity index is 0.00000312. The lowest BCUT2D eigenvalue weighted by atomic mass is 10.0. The highest BCUT2D eigenvalue weighted by atomic mass is 35.5. The molecule has 142 valence electrons. The second-order valence-electron chi connectivity index (χ2n) is 6.70. The molecule has 1 aliphatic carbocycles. The zero-order chi connectivity index (χ0) is 17.4. The molecule has 0 bridgehead atoms. The van der Waals surface area contributed by atoms with E-state index in [0.717, 1.165) is 18.3 Å². The minimum atomic E-state index is 0. The van der Waals surface area contributed by atoms with Crippen LogP contribution in [0.25, 0.3) is 0 Å². The van der Waals surface area contributed by atoms with Crippen LogP contribution in [0.2, 0.25) is 0 Å². The van der Waals surface area contributed by atoms with E-state index in [1.54, 1.807) is 0 Å². The number of likely N-dealkylation sites (N-methyl/N-ethyl adjacent to an activating group) is 1. The third-order valence-corrected chi connectivity index (χ3v) is 6.22. The average Bonchev–Trinajstić information content (AvgIpc) is 2.61. The van der Waals surface area contributed by atoms with Gasteiger partial charge in [0.2, 0.25) is 5.91 Å². The number of carbonyl (C=O) groups excluding carboxylic acids is 1. The molecule has 0 saturated heterocycles. The van der Waals surface area contributed by atoms with Crippen molar-refractivity contribution in [1.29, 1.82) is 0 Å². The molecular formula is C20H33ClN2OS. The van der Waals surface area contributed by atoms with Crippen LogP contribution in [0.5, 0.6) is 0 Å². The van der Waals surface area contributed by atoms with Crippen LogP contribution in [0.4, 0.5) is 0 Å². The molecule has 0 spiro atoms. The van der Waals surface area contributed by atoms with E-state index in [2.05, 4.69) is 55.3 Å². The fourth-order valence-electron chi connectivity index (χ4n) is 3.23. The maximum atomic E-state index is 12.1. The van der Waals surface area contributed by atoms with Gasteiger partial charge in [0.15, 0.2) is 0 Å². The summed E-state index contributed by atoms with van der Waals surface area (Å²) in [7, 11) is 0. The van der Waals surface area contributed by atoms with Crippen LogP contribution < -0.4 is 5.32 Å². The summed E-state index contributed by atoms with van der Waals surface area (Å²) in [5, 5.41) is 3.90. The molecule has 1 saturated carbocycles. The molecule has 25 heavy (non-hydrogen) atoms. The highest BCUT2D eigenvalue weighted by Gasteiger charge is 2.15. The van der Waals surface area contributed by atoms with Crippen LogP contribution in [0.15, 0.2) is 29.2 Å². The molecule has 1 unspecified atom stereocenters. The van der Waals surface area contributed by atoms with Gasteiger partial charge in [-0.25, -0.2) is 0 Å². The molecule has 1 aromatic rings. The minimum Gasteiger partial charge on any atom is -0.348 e. The Hall–Kier alpha value is -0.710. The maximum Gasteiger partial charge on any atom is 0.234 e. The molecule has 0 radical (unpaired) electrons. The summed E-state index contributed by atoms with van der Waals surface area (Å²) in [4.78, 5) is 15.6. The minimum absolute atomic E-state index is 0. The number of thioether (sulfide) groups is 1. The molecule has 1 fully saturated rings. The van der Waals surface area contributed by atoms with Gasteiger partial charge in [0, 0.05) is 10.1 Å². The van der Waals surface area contributed by atoms with Crippen molar-refractivity contribution in [3.05, 3.63) is 29.8 Å². The van der Waals surface area contributed by atoms with Crippen molar-refractivity contribution in [2.45, 2.75) is 69.1 Å². The lowest BCUT2D eigenvalue weighted by Gasteiger charge is -2.22. The Labute approximate surface area is 163 Å². The number of nitrogens with one attached hydrogen (secondary N) is 1. The van der Waals surface area contributed by atoms with Gasteiger partial charge >= 0.3 is 0 Å². The summed E-state index contributed by atoms with van der Waals surface area (Å²) >= 11 is 2.02. The van der Waals surface area contributed by atoms with E-state index in [-0.39, 0.29) is 24.4 Å². The van der Waals surface area contributed by atoms with Crippen LogP contribution in [0, 0.1) is 0 Å². The summed E-state index contributed by atoms with van der Waals surface area (Å²) < 4.78 is 0. The quantitative estimate of drug-likeness (QED) is 0.680. The molecule has 1 aliphatic rings. The molecule has 0 aliphatic heterocycles. The molecule has 1 amide bonds. The van der Waals surface area contributed by atoms with E-state index in [9.17, 15) is 4.79 Å². The molecule has 0 heterocycles. The Morgan fingerprint density at radius 2 is 1.76 bits per heavy atom. The van der Waals surface area contributed by atoms with E-state index in [1.165, 1.54) is 42.6 Å². The van der Waals surface area contributed by atoms with Gasteiger partial charge in [0.1, 0.15) is 0 Å². The van der Waals surface area contributed by atoms with Crippen LogP contribution in [-0.2, 0) is 4.79 Å². The van der Waals surface area contributed by atoms with Gasteiger partial charge in [0.05, 0.1) is 12.6 Å². The molecule has 2 rings (SSSR count). The van der Waals surface area contributed by atoms with Gasteiger partial charge in [0.25, 0.3) is 0 Å². The van der Waals surface area contributed by atoms with Gasteiger partial charge in [-0.15, -0.1) is 24.2 Å². The number of halogens is 1. The number of benzene rings is 1. The van der Waals surface area contributed by atoms with E-state index in [4.69, 9.17) is 0 Å². The first kappa shape index (κ1) is 22.3. The topological polar surface area (TPSA) is 32.3 Å². The van der Waals surface area contributed by atoms with Crippen molar-refractivity contribution < 1.29 is 4.79 Å². The molecule has 5 heteroatoms. The Morgan fingerprint density at radius 3 is 2.32 bits per heavy atom. The number of carbonyl (C=O) groups is 1. The zero-order valence-electron chi connectivity index (χ0n) is 15.8. The van der Waals surface area contributed by atoms with Gasteiger partial charge < -0.3 is 5.32 Å². The SMILES string of the molecule is CCN(CC)CC(=O)NC(C)c1ccc(SC2CCCCC2)cc1.Cl. The van der Waals surface area contributed by atoms with Crippen LogP contribution in [-0.4, -0.2) is 35.7 Å². The number of rotatable bonds is 8. The van der Waals surface area contributed by atoms with Crippen molar-refractivity contribution in [3.63, 3.8) is 0 Å². The van der Waals surface area contributed by atoms with Crippen LogP contribution in [0.3, 0.4) is 0 Å². The van der Waals surface area contributed by atoms with Crippen molar-refractivity contribution in [1.82, 2.24) is 10.2 Å². The smallest absolute Gasteiger partial charge is 0.234 e. The average molecular weight is 385 g/mol. The van der Waals surface area contributed by atoms with Crippen molar-refractivity contribution >= 4 is 30.1 Å². The van der Waals surface area contributed by atoms with Crippen molar-refractivity contribution in [3.8, 4) is 0 Å². The maximum absolute atomic E-state index is 12.1. The second-order valence-corrected chi connectivity index (χ2v) is 8.07. The Morgan fingerprint density at radius 1 is 1.16 bits per heavy atom. The molecule has 1 aromatic carbocycles. The zero-order valence-corrected chi connectivity index (χ0v) is 17.4. The van der Waals surface area contributed by atoms with E-state index >= 15 is 0 Å². The fraction of sp³-hybridized carbons (Fsp3) is 0.650. The monoisotopic (exact) mass is 384 g/mol. The molecule has 1 atom stereocenters. The lowest BCUT2D eigenvalue weighted by molar-refractivity contribution is -0.122. The summed E-state index contributed by atoms with van der Waals surface area (Å²) in [5.74, 6) is 0.104. The van der Waals surface area contributed by atoms with E-state index < -0.39 is 0 Å². The van der Waals surface area contributed by atoms with Crippen molar-refractivity contribution in [2.24, 2.45) is 0 Å². The third-order valence-electron chi connectivity index (χ3n) is 4.87. The van der Waals surface area contributed by atoms with Crippen LogP contribution >= 0.6 is 24.2 Å². The second kappa shape index (κ2) is 11.8. The summed E-state index contributed by atoms with van der Waals surface area (Å²) in [6.07, 6.45) is 6.87. The van der Waals surface area contributed by atoms with Gasteiger partial charge in [-0.3, -0.25) is 9.69 Å². The number of hydrogen-bond donors (Lipinski definition) is 1. The summed E-state index contributed by atoms with van der Waals surface area (Å²) in [5.41, 5.74) is 1.18. The number of hydrogen-bond acceptors (Lipinski definition) is 3. The summed E-state index contributed by atoms with van der Waals surface area (Å²) in [6, 6.07) is 8.80. The first-order chi connectivity index (χ1) is 11.6. The van der Waals surface area contributed by atoms with Gasteiger partial charge in [-0.2, -0.15) is 0 Å². The number of nitrogens with zero attached hydrogens (tertiary/aromatic N) is 1. The third kappa shape index (κ3) is 7.59. The van der Waals surface area contributed by atoms with Crippen LogP contribution in [0.1, 0.15) is 64.5 Å². The first-order valence-corrected chi connectivity index (χ1v) is 10.3.